The summed E-state index contributed by atoms with van der Waals surface area (Å²) in [6.45, 7) is 0.285. The number of carbonyl (C=O) groups excluding carboxylic acids is 3. The Bertz CT molecular complexity index is 1280. The molecule has 0 aromatic heterocycles. The van der Waals surface area contributed by atoms with Gasteiger partial charge in [-0.05, 0) is 34.4 Å². The number of rotatable bonds is 7. The van der Waals surface area contributed by atoms with Crippen LogP contribution in [-0.2, 0) is 40.3 Å². The van der Waals surface area contributed by atoms with Crippen LogP contribution in [0.2, 0.25) is 0 Å². The van der Waals surface area contributed by atoms with Crippen molar-refractivity contribution in [3.05, 3.63) is 107 Å². The van der Waals surface area contributed by atoms with Gasteiger partial charge in [-0.25, -0.2) is 4.79 Å². The maximum Gasteiger partial charge on any atom is 0.411 e. The summed E-state index contributed by atoms with van der Waals surface area (Å²) in [5.74, 6) is -1.18. The van der Waals surface area contributed by atoms with E-state index in [0.717, 1.165) is 22.3 Å². The molecule has 3 N–H and O–H groups in total. The Morgan fingerprint density at radius 1 is 0.972 bits per heavy atom. The lowest BCUT2D eigenvalue weighted by atomic mass is 9.93. The van der Waals surface area contributed by atoms with Crippen LogP contribution in [0.25, 0.3) is 0 Å². The molecule has 182 valence electrons. The second-order valence-corrected chi connectivity index (χ2v) is 8.63. The molecule has 2 atom stereocenters. The number of carbonyl (C=O) groups is 3. The minimum absolute atomic E-state index is 0.0781. The number of amides is 3. The molecule has 1 heterocycles. The number of hydrogen-bond acceptors (Lipinski definition) is 5. The molecule has 8 nitrogen and oxygen atoms in total. The van der Waals surface area contributed by atoms with E-state index in [0.29, 0.717) is 5.56 Å². The summed E-state index contributed by atoms with van der Waals surface area (Å²) in [5, 5.41) is 11.7. The molecule has 1 aliphatic heterocycles. The molecule has 4 rings (SSSR count). The van der Waals surface area contributed by atoms with Gasteiger partial charge in [0.1, 0.15) is 18.7 Å². The molecule has 3 aromatic carbocycles. The molecule has 0 saturated carbocycles. The fourth-order valence-corrected chi connectivity index (χ4v) is 4.19. The van der Waals surface area contributed by atoms with Crippen LogP contribution in [-0.4, -0.2) is 34.9 Å². The van der Waals surface area contributed by atoms with E-state index in [4.69, 9.17) is 15.7 Å². The van der Waals surface area contributed by atoms with Crippen LogP contribution in [0.15, 0.2) is 78.9 Å². The van der Waals surface area contributed by atoms with Crippen molar-refractivity contribution in [3.63, 3.8) is 0 Å². The minimum atomic E-state index is -0.982. The maximum atomic E-state index is 13.4. The molecular weight excluding hydrogens is 456 g/mol. The lowest BCUT2D eigenvalue weighted by Gasteiger charge is -2.35. The summed E-state index contributed by atoms with van der Waals surface area (Å²) in [4.78, 5) is 40.0. The van der Waals surface area contributed by atoms with Gasteiger partial charge in [0.05, 0.1) is 18.2 Å². The van der Waals surface area contributed by atoms with Crippen molar-refractivity contribution in [2.45, 2.75) is 38.1 Å². The van der Waals surface area contributed by atoms with E-state index >= 15 is 0 Å². The third kappa shape index (κ3) is 5.88. The van der Waals surface area contributed by atoms with E-state index in [9.17, 15) is 14.4 Å². The van der Waals surface area contributed by atoms with Gasteiger partial charge in [-0.3, -0.25) is 14.5 Å². The Balaban J connectivity index is 1.51. The number of hydrogen-bond donors (Lipinski definition) is 2. The number of nitriles is 1. The van der Waals surface area contributed by atoms with Crippen LogP contribution in [0.1, 0.15) is 27.8 Å². The summed E-state index contributed by atoms with van der Waals surface area (Å²) < 4.78 is 5.52. The molecule has 0 bridgehead atoms. The van der Waals surface area contributed by atoms with Gasteiger partial charge < -0.3 is 15.8 Å². The highest BCUT2D eigenvalue weighted by molar-refractivity contribution is 5.91. The van der Waals surface area contributed by atoms with E-state index in [2.05, 4.69) is 5.32 Å². The number of nitrogens with one attached hydrogen (secondary N) is 1. The largest absolute Gasteiger partial charge is 0.445 e. The normalized spacial score (nSPS) is 15.2. The first-order valence-electron chi connectivity index (χ1n) is 11.6. The van der Waals surface area contributed by atoms with Gasteiger partial charge >= 0.3 is 6.09 Å². The summed E-state index contributed by atoms with van der Waals surface area (Å²) in [6, 6.07) is 23.8. The van der Waals surface area contributed by atoms with E-state index in [1.165, 1.54) is 4.90 Å². The van der Waals surface area contributed by atoms with Gasteiger partial charge in [-0.1, -0.05) is 66.7 Å². The number of fused-ring (bicyclic) bond motifs is 1. The molecule has 0 radical (unpaired) electrons. The van der Waals surface area contributed by atoms with Gasteiger partial charge in [0, 0.05) is 12.8 Å². The zero-order valence-electron chi connectivity index (χ0n) is 19.6. The summed E-state index contributed by atoms with van der Waals surface area (Å²) in [5.41, 5.74) is 9.54. The fraction of sp³-hybridized carbons (Fsp3) is 0.214. The molecule has 0 spiro atoms. The Kier molecular flexibility index (Phi) is 7.61. The SMILES string of the molecule is N#Cc1ccc(C[C@@H](NC(=O)[C@@H]2Cc3ccccc3CN2C(=O)OCc2ccccc2)C(N)=O)cc1. The highest BCUT2D eigenvalue weighted by atomic mass is 16.6. The number of primary amides is 1. The summed E-state index contributed by atoms with van der Waals surface area (Å²) >= 11 is 0. The Hall–Kier alpha value is -4.64. The Labute approximate surface area is 209 Å². The first-order valence-corrected chi connectivity index (χ1v) is 11.6. The lowest BCUT2D eigenvalue weighted by Crippen LogP contribution is -2.56. The zero-order valence-corrected chi connectivity index (χ0v) is 19.6. The summed E-state index contributed by atoms with van der Waals surface area (Å²) in [7, 11) is 0. The molecule has 36 heavy (non-hydrogen) atoms. The molecule has 1 aliphatic rings. The smallest absolute Gasteiger partial charge is 0.411 e. The van der Waals surface area contributed by atoms with Gasteiger partial charge in [0.15, 0.2) is 0 Å². The van der Waals surface area contributed by atoms with E-state index in [1.54, 1.807) is 24.3 Å². The van der Waals surface area contributed by atoms with Crippen LogP contribution in [0.4, 0.5) is 4.79 Å². The molecule has 8 heteroatoms. The first-order chi connectivity index (χ1) is 17.4. The number of benzene rings is 3. The van der Waals surface area contributed by atoms with E-state index in [1.807, 2.05) is 60.7 Å². The van der Waals surface area contributed by atoms with Crippen molar-refractivity contribution >= 4 is 17.9 Å². The average Bonchev–Trinajstić information content (AvgIpc) is 2.91. The Morgan fingerprint density at radius 3 is 2.31 bits per heavy atom. The topological polar surface area (TPSA) is 126 Å². The molecule has 0 aliphatic carbocycles. The van der Waals surface area contributed by atoms with E-state index < -0.39 is 30.0 Å². The predicted molar refractivity (Wildman–Crippen MR) is 132 cm³/mol. The van der Waals surface area contributed by atoms with Crippen LogP contribution in [0, 0.1) is 11.3 Å². The van der Waals surface area contributed by atoms with Crippen molar-refractivity contribution in [2.75, 3.05) is 0 Å². The van der Waals surface area contributed by atoms with Gasteiger partial charge in [-0.15, -0.1) is 0 Å². The van der Waals surface area contributed by atoms with Crippen LogP contribution >= 0.6 is 0 Å². The van der Waals surface area contributed by atoms with Gasteiger partial charge in [0.2, 0.25) is 11.8 Å². The number of ether oxygens (including phenoxy) is 1. The van der Waals surface area contributed by atoms with Gasteiger partial charge in [0.25, 0.3) is 0 Å². The first kappa shape index (κ1) is 24.5. The van der Waals surface area contributed by atoms with Crippen LogP contribution in [0.3, 0.4) is 0 Å². The fourth-order valence-electron chi connectivity index (χ4n) is 4.19. The number of nitrogens with zero attached hydrogens (tertiary/aromatic N) is 2. The lowest BCUT2D eigenvalue weighted by molar-refractivity contribution is -0.131. The number of nitrogens with two attached hydrogens (primary N) is 1. The standard InChI is InChI=1S/C28H26N4O4/c29-16-20-12-10-19(11-13-20)14-24(26(30)33)31-27(34)25-15-22-8-4-5-9-23(22)17-32(25)28(35)36-18-21-6-2-1-3-7-21/h1-13,24-25H,14-15,17-18H2,(H2,30,33)(H,31,34)/t24-,25+/m1/s1. The molecule has 3 aromatic rings. The van der Waals surface area contributed by atoms with E-state index in [-0.39, 0.29) is 26.0 Å². The highest BCUT2D eigenvalue weighted by Gasteiger charge is 2.37. The third-order valence-electron chi connectivity index (χ3n) is 6.17. The van der Waals surface area contributed by atoms with Crippen molar-refractivity contribution < 1.29 is 19.1 Å². The predicted octanol–water partition coefficient (Wildman–Crippen LogP) is 2.83. The zero-order chi connectivity index (χ0) is 25.5. The maximum absolute atomic E-state index is 13.4. The quantitative estimate of drug-likeness (QED) is 0.536. The molecule has 0 unspecified atom stereocenters. The van der Waals surface area contributed by atoms with Crippen molar-refractivity contribution in [1.82, 2.24) is 10.2 Å². The Morgan fingerprint density at radius 2 is 1.64 bits per heavy atom. The second kappa shape index (κ2) is 11.2. The van der Waals surface area contributed by atoms with Crippen LogP contribution in [0.5, 0.6) is 0 Å². The van der Waals surface area contributed by atoms with Crippen molar-refractivity contribution in [2.24, 2.45) is 5.73 Å². The van der Waals surface area contributed by atoms with Gasteiger partial charge in [-0.2, -0.15) is 5.26 Å². The molecular formula is C28H26N4O4. The molecule has 0 saturated heterocycles. The molecule has 3 amide bonds. The molecule has 0 fully saturated rings. The third-order valence-corrected chi connectivity index (χ3v) is 6.17. The average molecular weight is 483 g/mol. The van der Waals surface area contributed by atoms with Crippen molar-refractivity contribution in [3.8, 4) is 6.07 Å². The minimum Gasteiger partial charge on any atom is -0.445 e. The van der Waals surface area contributed by atoms with Crippen LogP contribution < -0.4 is 11.1 Å². The van der Waals surface area contributed by atoms with Crippen molar-refractivity contribution in [1.29, 1.82) is 5.26 Å². The monoisotopic (exact) mass is 482 g/mol. The summed E-state index contributed by atoms with van der Waals surface area (Å²) in [6.07, 6.45) is -0.171. The highest BCUT2D eigenvalue weighted by Crippen LogP contribution is 2.25. The second-order valence-electron chi connectivity index (χ2n) is 8.63.